The molecule has 0 rings (SSSR count). The Morgan fingerprint density at radius 3 is 1.64 bits per heavy atom. The van der Waals surface area contributed by atoms with Crippen LogP contribution >= 0.6 is 7.82 Å². The average molecular weight is 764 g/mol. The third-order valence-corrected chi connectivity index (χ3v) is 8.92. The summed E-state index contributed by atoms with van der Waals surface area (Å²) in [5.74, 6) is -0.909. The van der Waals surface area contributed by atoms with Crippen LogP contribution in [-0.2, 0) is 32.7 Å². The molecule has 0 aromatic rings. The van der Waals surface area contributed by atoms with Crippen LogP contribution in [0.4, 0.5) is 0 Å². The topological polar surface area (TPSA) is 111 Å². The van der Waals surface area contributed by atoms with Gasteiger partial charge < -0.3 is 27.9 Å². The van der Waals surface area contributed by atoms with Crippen molar-refractivity contribution in [2.24, 2.45) is 0 Å². The summed E-state index contributed by atoms with van der Waals surface area (Å²) >= 11 is 0. The van der Waals surface area contributed by atoms with Gasteiger partial charge in [-0.05, 0) is 77.0 Å². The van der Waals surface area contributed by atoms with Gasteiger partial charge in [-0.25, -0.2) is 0 Å². The summed E-state index contributed by atoms with van der Waals surface area (Å²) in [5, 5.41) is 0. The Morgan fingerprint density at radius 1 is 0.604 bits per heavy atom. The fourth-order valence-corrected chi connectivity index (χ4v) is 5.51. The first-order chi connectivity index (χ1) is 25.5. The van der Waals surface area contributed by atoms with Gasteiger partial charge in [0.05, 0.1) is 27.7 Å². The van der Waals surface area contributed by atoms with Crippen molar-refractivity contribution in [2.45, 2.75) is 142 Å². The summed E-state index contributed by atoms with van der Waals surface area (Å²) in [5.41, 5.74) is 0. The van der Waals surface area contributed by atoms with E-state index >= 15 is 0 Å². The van der Waals surface area contributed by atoms with E-state index in [4.69, 9.17) is 18.5 Å². The number of phosphoric acid groups is 1. The van der Waals surface area contributed by atoms with Crippen LogP contribution in [0.25, 0.3) is 0 Å². The predicted molar refractivity (Wildman–Crippen MR) is 217 cm³/mol. The summed E-state index contributed by atoms with van der Waals surface area (Å²) in [6.45, 7) is 3.97. The zero-order valence-corrected chi connectivity index (χ0v) is 34.8. The molecule has 0 saturated heterocycles. The largest absolute Gasteiger partial charge is 0.756 e. The monoisotopic (exact) mass is 764 g/mol. The second kappa shape index (κ2) is 35.2. The molecule has 0 aromatic carbocycles. The van der Waals surface area contributed by atoms with E-state index < -0.39 is 32.5 Å². The Balaban J connectivity index is 4.53. The minimum Gasteiger partial charge on any atom is -0.756 e. The van der Waals surface area contributed by atoms with E-state index in [0.717, 1.165) is 83.5 Å². The van der Waals surface area contributed by atoms with Crippen molar-refractivity contribution < 1.29 is 42.1 Å². The van der Waals surface area contributed by atoms with E-state index in [9.17, 15) is 19.0 Å². The molecule has 10 heteroatoms. The van der Waals surface area contributed by atoms with Crippen LogP contribution in [0.2, 0.25) is 0 Å². The molecule has 0 bridgehead atoms. The number of rotatable bonds is 35. The van der Waals surface area contributed by atoms with E-state index in [-0.39, 0.29) is 26.1 Å². The number of esters is 2. The highest BCUT2D eigenvalue weighted by atomic mass is 31.2. The van der Waals surface area contributed by atoms with Crippen molar-refractivity contribution in [2.75, 3.05) is 47.5 Å². The molecule has 0 aliphatic rings. The summed E-state index contributed by atoms with van der Waals surface area (Å²) in [6.07, 6.45) is 42.2. The third-order valence-electron chi connectivity index (χ3n) is 7.96. The molecule has 0 fully saturated rings. The number of ether oxygens (including phenoxy) is 2. The van der Waals surface area contributed by atoms with Crippen molar-refractivity contribution in [1.29, 1.82) is 0 Å². The molecule has 0 saturated carbocycles. The minimum atomic E-state index is -4.64. The highest BCUT2D eigenvalue weighted by Crippen LogP contribution is 2.38. The Labute approximate surface area is 323 Å². The Morgan fingerprint density at radius 2 is 1.08 bits per heavy atom. The predicted octanol–water partition coefficient (Wildman–Crippen LogP) is 10.4. The third kappa shape index (κ3) is 39.0. The lowest BCUT2D eigenvalue weighted by Gasteiger charge is -2.28. The molecule has 1 unspecified atom stereocenters. The van der Waals surface area contributed by atoms with Gasteiger partial charge in [-0.15, -0.1) is 0 Å². The van der Waals surface area contributed by atoms with Crippen LogP contribution in [0, 0.1) is 0 Å². The quantitative estimate of drug-likeness (QED) is 0.0206. The number of phosphoric ester groups is 1. The van der Waals surface area contributed by atoms with Gasteiger partial charge in [0.2, 0.25) is 0 Å². The maximum Gasteiger partial charge on any atom is 0.306 e. The molecule has 0 radical (unpaired) electrons. The second-order valence-corrected chi connectivity index (χ2v) is 15.7. The standard InChI is InChI=1S/C43H74NO8P/c1-6-8-10-12-14-16-18-20-22-24-26-28-30-32-34-36-43(46)52-41(40-51-53(47,48)50-38-37-44(3,4)5)39-49-42(45)35-33-31-29-27-25-23-21-19-17-15-13-11-9-7-2/h8,10,13-16,19-22,26,28,41H,6-7,9,11-12,17-18,23-25,27,29-40H2,1-5H3/b10-8+,15-13+,16-14+,21-19+,22-20+,28-26+/t41-/m1/s1. The molecule has 304 valence electrons. The Bertz CT molecular complexity index is 1140. The first-order valence-corrected chi connectivity index (χ1v) is 21.6. The second-order valence-electron chi connectivity index (χ2n) is 14.3. The molecule has 0 heterocycles. The normalized spacial score (nSPS) is 14.5. The fourth-order valence-electron chi connectivity index (χ4n) is 4.78. The number of allylic oxidation sites excluding steroid dienone is 12. The van der Waals surface area contributed by atoms with Crippen LogP contribution in [0.15, 0.2) is 72.9 Å². The molecular formula is C43H74NO8P. The molecule has 0 amide bonds. The SMILES string of the molecule is CC/C=C/C/C=C/C/C=C/C/C=C/CCCCC(=O)O[C@H](COC(=O)CCCCCCC/C=C/C/C=C/CCCC)COP(=O)([O-])OCC[N+](C)(C)C. The van der Waals surface area contributed by atoms with Crippen LogP contribution in [0.1, 0.15) is 136 Å². The van der Waals surface area contributed by atoms with E-state index in [0.29, 0.717) is 23.9 Å². The lowest BCUT2D eigenvalue weighted by molar-refractivity contribution is -0.870. The number of hydrogen-bond acceptors (Lipinski definition) is 8. The zero-order chi connectivity index (χ0) is 39.3. The van der Waals surface area contributed by atoms with Gasteiger partial charge in [0.25, 0.3) is 7.82 Å². The Hall–Kier alpha value is -2.55. The Kier molecular flexibility index (Phi) is 33.5. The molecule has 0 spiro atoms. The number of quaternary nitrogens is 1. The fraction of sp³-hybridized carbons (Fsp3) is 0.674. The molecule has 2 atom stereocenters. The minimum absolute atomic E-state index is 0.0452. The van der Waals surface area contributed by atoms with Crippen molar-refractivity contribution in [3.8, 4) is 0 Å². The first-order valence-electron chi connectivity index (χ1n) is 20.1. The van der Waals surface area contributed by atoms with Crippen molar-refractivity contribution in [3.63, 3.8) is 0 Å². The lowest BCUT2D eigenvalue weighted by Crippen LogP contribution is -2.37. The van der Waals surface area contributed by atoms with Crippen LogP contribution in [0.3, 0.4) is 0 Å². The van der Waals surface area contributed by atoms with Gasteiger partial charge >= 0.3 is 11.9 Å². The molecule has 0 aliphatic carbocycles. The smallest absolute Gasteiger partial charge is 0.306 e. The maximum atomic E-state index is 12.6. The average Bonchev–Trinajstić information content (AvgIpc) is 3.10. The van der Waals surface area contributed by atoms with Crippen LogP contribution in [-0.4, -0.2) is 70.0 Å². The van der Waals surface area contributed by atoms with Crippen molar-refractivity contribution in [1.82, 2.24) is 0 Å². The summed E-state index contributed by atoms with van der Waals surface area (Å²) in [4.78, 5) is 37.4. The molecule has 0 aliphatic heterocycles. The number of nitrogens with zero attached hydrogens (tertiary/aromatic N) is 1. The maximum absolute atomic E-state index is 12.6. The van der Waals surface area contributed by atoms with Gasteiger partial charge in [0.15, 0.2) is 6.10 Å². The summed E-state index contributed by atoms with van der Waals surface area (Å²) in [6, 6.07) is 0. The zero-order valence-electron chi connectivity index (χ0n) is 33.9. The van der Waals surface area contributed by atoms with E-state index in [1.54, 1.807) is 0 Å². The van der Waals surface area contributed by atoms with Crippen molar-refractivity contribution >= 4 is 19.8 Å². The van der Waals surface area contributed by atoms with Gasteiger partial charge in [-0.1, -0.05) is 119 Å². The molecule has 0 N–H and O–H groups in total. The lowest BCUT2D eigenvalue weighted by atomic mass is 10.1. The number of likely N-dealkylation sites (N-methyl/N-ethyl adjacent to an activating group) is 1. The summed E-state index contributed by atoms with van der Waals surface area (Å²) in [7, 11) is 1.11. The van der Waals surface area contributed by atoms with Crippen molar-refractivity contribution in [3.05, 3.63) is 72.9 Å². The molecule has 53 heavy (non-hydrogen) atoms. The first kappa shape index (κ1) is 50.5. The van der Waals surface area contributed by atoms with Gasteiger partial charge in [-0.2, -0.15) is 0 Å². The van der Waals surface area contributed by atoms with Crippen LogP contribution < -0.4 is 4.89 Å². The van der Waals surface area contributed by atoms with E-state index in [1.165, 1.54) is 12.8 Å². The number of carbonyl (C=O) groups is 2. The highest BCUT2D eigenvalue weighted by molar-refractivity contribution is 7.45. The van der Waals surface area contributed by atoms with Gasteiger partial charge in [-0.3, -0.25) is 14.2 Å². The molecule has 9 nitrogen and oxygen atoms in total. The van der Waals surface area contributed by atoms with Gasteiger partial charge in [0, 0.05) is 12.8 Å². The molecular weight excluding hydrogens is 689 g/mol. The number of carbonyl (C=O) groups excluding carboxylic acids is 2. The summed E-state index contributed by atoms with van der Waals surface area (Å²) < 4.78 is 33.7. The molecule has 0 aromatic heterocycles. The van der Waals surface area contributed by atoms with Crippen LogP contribution in [0.5, 0.6) is 0 Å². The van der Waals surface area contributed by atoms with E-state index in [2.05, 4.69) is 86.8 Å². The number of unbranched alkanes of at least 4 members (excludes halogenated alkanes) is 9. The van der Waals surface area contributed by atoms with Gasteiger partial charge in [0.1, 0.15) is 19.8 Å². The van der Waals surface area contributed by atoms with E-state index in [1.807, 2.05) is 21.1 Å². The number of hydrogen-bond donors (Lipinski definition) is 0. The highest BCUT2D eigenvalue weighted by Gasteiger charge is 2.21.